The molecule has 0 radical (unpaired) electrons. The van der Waals surface area contributed by atoms with Crippen molar-refractivity contribution < 1.29 is 5.11 Å². The summed E-state index contributed by atoms with van der Waals surface area (Å²) in [6, 6.07) is 6.78. The van der Waals surface area contributed by atoms with Crippen molar-refractivity contribution in [1.29, 1.82) is 0 Å². The van der Waals surface area contributed by atoms with Crippen molar-refractivity contribution in [2.75, 3.05) is 6.54 Å². The normalized spacial score (nSPS) is 30.3. The highest BCUT2D eigenvalue weighted by molar-refractivity contribution is 6.30. The van der Waals surface area contributed by atoms with Crippen LogP contribution >= 0.6 is 11.6 Å². The molecule has 3 rings (SSSR count). The van der Waals surface area contributed by atoms with Crippen LogP contribution in [-0.4, -0.2) is 17.8 Å². The third-order valence-corrected chi connectivity index (χ3v) is 4.89. The molecule has 0 aliphatic heterocycles. The van der Waals surface area contributed by atoms with Crippen LogP contribution in [0.5, 0.6) is 0 Å². The Kier molecular flexibility index (Phi) is 4.11. The van der Waals surface area contributed by atoms with Gasteiger partial charge in [0.15, 0.2) is 0 Å². The minimum atomic E-state index is -0.0504. The Morgan fingerprint density at radius 2 is 1.95 bits per heavy atom. The van der Waals surface area contributed by atoms with Gasteiger partial charge >= 0.3 is 0 Å². The van der Waals surface area contributed by atoms with Crippen molar-refractivity contribution in [3.63, 3.8) is 0 Å². The zero-order valence-electron chi connectivity index (χ0n) is 11.2. The minimum absolute atomic E-state index is 0.0504. The number of aryl methyl sites for hydroxylation is 1. The quantitative estimate of drug-likeness (QED) is 0.888. The van der Waals surface area contributed by atoms with E-state index in [1.54, 1.807) is 0 Å². The summed E-state index contributed by atoms with van der Waals surface area (Å²) >= 11 is 6.04. The summed E-state index contributed by atoms with van der Waals surface area (Å²) in [5.74, 6) is 0.736. The molecule has 1 fully saturated rings. The van der Waals surface area contributed by atoms with Crippen LogP contribution in [0, 0.1) is 5.92 Å². The molecule has 1 saturated carbocycles. The van der Waals surface area contributed by atoms with Crippen molar-refractivity contribution in [2.45, 2.75) is 50.7 Å². The van der Waals surface area contributed by atoms with Gasteiger partial charge < -0.3 is 10.4 Å². The van der Waals surface area contributed by atoms with E-state index in [2.05, 4.69) is 17.4 Å². The number of aliphatic hydroxyl groups is 1. The van der Waals surface area contributed by atoms with Gasteiger partial charge in [0.1, 0.15) is 0 Å². The van der Waals surface area contributed by atoms with Gasteiger partial charge in [0.25, 0.3) is 0 Å². The summed E-state index contributed by atoms with van der Waals surface area (Å²) in [5.41, 5.74) is 2.84. The molecule has 0 amide bonds. The highest BCUT2D eigenvalue weighted by Gasteiger charge is 2.24. The second kappa shape index (κ2) is 5.82. The fraction of sp³-hybridized carbons (Fsp3) is 0.625. The molecule has 1 unspecified atom stereocenters. The van der Waals surface area contributed by atoms with E-state index in [4.69, 9.17) is 11.6 Å². The molecule has 0 spiro atoms. The number of nitrogens with one attached hydrogen (secondary N) is 1. The van der Waals surface area contributed by atoms with Gasteiger partial charge in [0.2, 0.25) is 0 Å². The van der Waals surface area contributed by atoms with E-state index in [0.717, 1.165) is 49.6 Å². The largest absolute Gasteiger partial charge is 0.393 e. The van der Waals surface area contributed by atoms with Crippen molar-refractivity contribution in [3.8, 4) is 0 Å². The maximum absolute atomic E-state index is 9.53. The van der Waals surface area contributed by atoms with Crippen LogP contribution in [0.2, 0.25) is 5.02 Å². The van der Waals surface area contributed by atoms with Crippen LogP contribution in [-0.2, 0) is 6.42 Å². The average molecular weight is 280 g/mol. The van der Waals surface area contributed by atoms with Gasteiger partial charge in [-0.2, -0.15) is 0 Å². The predicted octanol–water partition coefficient (Wildman–Crippen LogP) is 3.47. The third-order valence-electron chi connectivity index (χ3n) is 4.65. The Morgan fingerprint density at radius 1 is 1.16 bits per heavy atom. The molecule has 2 aliphatic carbocycles. The van der Waals surface area contributed by atoms with E-state index in [0.29, 0.717) is 6.04 Å². The topological polar surface area (TPSA) is 32.3 Å². The first-order chi connectivity index (χ1) is 9.22. The summed E-state index contributed by atoms with van der Waals surface area (Å²) in [6.45, 7) is 1.08. The van der Waals surface area contributed by atoms with Crippen LogP contribution in [0.3, 0.4) is 0 Å². The van der Waals surface area contributed by atoms with Gasteiger partial charge in [-0.05, 0) is 74.2 Å². The van der Waals surface area contributed by atoms with Gasteiger partial charge in [-0.15, -0.1) is 0 Å². The Morgan fingerprint density at radius 3 is 2.74 bits per heavy atom. The fourth-order valence-corrected chi connectivity index (χ4v) is 3.65. The lowest BCUT2D eigenvalue weighted by Crippen LogP contribution is -2.29. The molecule has 2 aliphatic rings. The van der Waals surface area contributed by atoms with Crippen LogP contribution in [0.15, 0.2) is 18.2 Å². The number of rotatable bonds is 3. The molecule has 104 valence electrons. The number of fused-ring (bicyclic) bond motifs is 1. The van der Waals surface area contributed by atoms with Crippen LogP contribution in [0.1, 0.15) is 49.3 Å². The fourth-order valence-electron chi connectivity index (χ4n) is 3.46. The zero-order valence-corrected chi connectivity index (χ0v) is 12.0. The molecule has 1 aromatic carbocycles. The summed E-state index contributed by atoms with van der Waals surface area (Å²) in [7, 11) is 0. The van der Waals surface area contributed by atoms with Gasteiger partial charge in [0.05, 0.1) is 6.10 Å². The highest BCUT2D eigenvalue weighted by Crippen LogP contribution is 2.33. The lowest BCUT2D eigenvalue weighted by Gasteiger charge is -2.27. The molecule has 0 bridgehead atoms. The lowest BCUT2D eigenvalue weighted by molar-refractivity contribution is 0.107. The summed E-state index contributed by atoms with van der Waals surface area (Å²) in [6.07, 6.45) is 6.54. The summed E-state index contributed by atoms with van der Waals surface area (Å²) in [4.78, 5) is 0. The van der Waals surface area contributed by atoms with Gasteiger partial charge in [-0.3, -0.25) is 0 Å². The lowest BCUT2D eigenvalue weighted by atomic mass is 9.87. The molecule has 19 heavy (non-hydrogen) atoms. The Bertz CT molecular complexity index is 440. The van der Waals surface area contributed by atoms with Crippen molar-refractivity contribution in [2.24, 2.45) is 5.92 Å². The van der Waals surface area contributed by atoms with E-state index in [9.17, 15) is 5.11 Å². The molecule has 2 N–H and O–H groups in total. The van der Waals surface area contributed by atoms with E-state index in [1.807, 2.05) is 6.07 Å². The highest BCUT2D eigenvalue weighted by atomic mass is 35.5. The average Bonchev–Trinajstić information content (AvgIpc) is 2.80. The first-order valence-electron chi connectivity index (χ1n) is 7.42. The maximum atomic E-state index is 9.53. The van der Waals surface area contributed by atoms with Crippen LogP contribution < -0.4 is 5.32 Å². The molecule has 3 heteroatoms. The first-order valence-corrected chi connectivity index (χ1v) is 7.80. The predicted molar refractivity (Wildman–Crippen MR) is 78.5 cm³/mol. The molecule has 0 aromatic heterocycles. The molecular formula is C16H22ClNO. The molecule has 2 nitrogen and oxygen atoms in total. The number of aliphatic hydroxyl groups excluding tert-OH is 1. The van der Waals surface area contributed by atoms with Gasteiger partial charge in [0, 0.05) is 11.1 Å². The SMILES string of the molecule is OC1CCC(CNC2CCc3cc(Cl)ccc32)CC1. The van der Waals surface area contributed by atoms with Crippen molar-refractivity contribution in [1.82, 2.24) is 5.32 Å². The number of hydrogen-bond donors (Lipinski definition) is 2. The standard InChI is InChI=1S/C16H22ClNO/c17-13-4-7-15-12(9-13)3-8-16(15)18-10-11-1-5-14(19)6-2-11/h4,7,9,11,14,16,18-19H,1-3,5-6,8,10H2. The van der Waals surface area contributed by atoms with E-state index in [1.165, 1.54) is 17.5 Å². The Hall–Kier alpha value is -0.570. The number of hydrogen-bond acceptors (Lipinski definition) is 2. The van der Waals surface area contributed by atoms with E-state index < -0.39 is 0 Å². The number of benzene rings is 1. The molecule has 1 atom stereocenters. The minimum Gasteiger partial charge on any atom is -0.393 e. The monoisotopic (exact) mass is 279 g/mol. The maximum Gasteiger partial charge on any atom is 0.0540 e. The summed E-state index contributed by atoms with van der Waals surface area (Å²) < 4.78 is 0. The smallest absolute Gasteiger partial charge is 0.0540 e. The second-order valence-corrected chi connectivity index (χ2v) is 6.45. The Labute approximate surface area is 120 Å². The van der Waals surface area contributed by atoms with Gasteiger partial charge in [-0.25, -0.2) is 0 Å². The molecular weight excluding hydrogens is 258 g/mol. The zero-order chi connectivity index (χ0) is 13.2. The first kappa shape index (κ1) is 13.4. The van der Waals surface area contributed by atoms with Crippen LogP contribution in [0.25, 0.3) is 0 Å². The molecule has 0 saturated heterocycles. The third kappa shape index (κ3) is 3.13. The molecule has 0 heterocycles. The van der Waals surface area contributed by atoms with Gasteiger partial charge in [-0.1, -0.05) is 17.7 Å². The summed E-state index contributed by atoms with van der Waals surface area (Å²) in [5, 5.41) is 14.1. The van der Waals surface area contributed by atoms with Crippen molar-refractivity contribution in [3.05, 3.63) is 34.3 Å². The Balaban J connectivity index is 1.55. The van der Waals surface area contributed by atoms with Crippen molar-refractivity contribution >= 4 is 11.6 Å². The molecule has 1 aromatic rings. The van der Waals surface area contributed by atoms with E-state index >= 15 is 0 Å². The van der Waals surface area contributed by atoms with E-state index in [-0.39, 0.29) is 6.10 Å². The van der Waals surface area contributed by atoms with Crippen LogP contribution in [0.4, 0.5) is 0 Å². The second-order valence-electron chi connectivity index (χ2n) is 6.02. The number of halogens is 1.